The summed E-state index contributed by atoms with van der Waals surface area (Å²) < 4.78 is 19.4. The zero-order valence-corrected chi connectivity index (χ0v) is 20.9. The molecular weight excluding hydrogens is 488 g/mol. The molecular formula is C29H26N2O7. The third-order valence-electron chi connectivity index (χ3n) is 6.64. The summed E-state index contributed by atoms with van der Waals surface area (Å²) in [4.78, 5) is 36.6. The Hall–Kier alpha value is -4.50. The minimum Gasteiger partial charge on any atom is -0.459 e. The van der Waals surface area contributed by atoms with Crippen molar-refractivity contribution in [2.45, 2.75) is 38.7 Å². The van der Waals surface area contributed by atoms with Crippen LogP contribution in [0.15, 0.2) is 79.0 Å². The van der Waals surface area contributed by atoms with Crippen LogP contribution in [0, 0.1) is 24.0 Å². The molecule has 194 valence electrons. The van der Waals surface area contributed by atoms with E-state index in [-0.39, 0.29) is 18.7 Å². The number of benzene rings is 3. The summed E-state index contributed by atoms with van der Waals surface area (Å²) in [6.45, 7) is 3.72. The van der Waals surface area contributed by atoms with Gasteiger partial charge in [-0.3, -0.25) is 10.1 Å². The number of esters is 2. The minimum atomic E-state index is -0.736. The Kier molecular flexibility index (Phi) is 6.93. The van der Waals surface area contributed by atoms with Gasteiger partial charge in [0.05, 0.1) is 27.0 Å². The van der Waals surface area contributed by atoms with Crippen LogP contribution in [0.3, 0.4) is 0 Å². The molecule has 0 bridgehead atoms. The van der Waals surface area contributed by atoms with E-state index in [0.29, 0.717) is 22.0 Å². The van der Waals surface area contributed by atoms with Gasteiger partial charge in [-0.2, -0.15) is 0 Å². The molecule has 0 amide bonds. The molecule has 9 heteroatoms. The number of nitro benzene ring substituents is 1. The highest BCUT2D eigenvalue weighted by Crippen LogP contribution is 2.36. The van der Waals surface area contributed by atoms with Crippen LogP contribution in [0.5, 0.6) is 0 Å². The summed E-state index contributed by atoms with van der Waals surface area (Å²) in [6.07, 6.45) is -0.0530. The monoisotopic (exact) mass is 514 g/mol. The van der Waals surface area contributed by atoms with E-state index in [1.165, 1.54) is 6.07 Å². The average molecular weight is 515 g/mol. The van der Waals surface area contributed by atoms with Gasteiger partial charge in [0, 0.05) is 18.7 Å². The molecule has 9 nitrogen and oxygen atoms in total. The molecule has 3 aromatic carbocycles. The number of nitrogens with zero attached hydrogens (tertiary/aromatic N) is 2. The molecule has 3 atom stereocenters. The van der Waals surface area contributed by atoms with Gasteiger partial charge >= 0.3 is 11.9 Å². The molecule has 4 aromatic rings. The molecule has 38 heavy (non-hydrogen) atoms. The lowest BCUT2D eigenvalue weighted by Gasteiger charge is -2.19. The Balaban J connectivity index is 1.38. The van der Waals surface area contributed by atoms with Crippen molar-refractivity contribution in [1.29, 1.82) is 0 Å². The van der Waals surface area contributed by atoms with Gasteiger partial charge in [0.25, 0.3) is 5.69 Å². The van der Waals surface area contributed by atoms with Crippen molar-refractivity contribution in [3.63, 3.8) is 0 Å². The summed E-state index contributed by atoms with van der Waals surface area (Å²) in [5.74, 6) is -1.02. The predicted octanol–water partition coefficient (Wildman–Crippen LogP) is 5.54. The van der Waals surface area contributed by atoms with Crippen molar-refractivity contribution in [2.24, 2.45) is 0 Å². The summed E-state index contributed by atoms with van der Waals surface area (Å²) >= 11 is 0. The number of fused-ring (bicyclic) bond motifs is 1. The number of nitro groups is 1. The maximum atomic E-state index is 12.9. The Morgan fingerprint density at radius 3 is 2.21 bits per heavy atom. The molecule has 5 rings (SSSR count). The first-order valence-corrected chi connectivity index (χ1v) is 12.2. The Morgan fingerprint density at radius 1 is 0.947 bits per heavy atom. The highest BCUT2D eigenvalue weighted by Gasteiger charge is 2.40. The van der Waals surface area contributed by atoms with Crippen LogP contribution in [0.2, 0.25) is 0 Å². The quantitative estimate of drug-likeness (QED) is 0.181. The van der Waals surface area contributed by atoms with Crippen molar-refractivity contribution in [1.82, 2.24) is 4.57 Å². The highest BCUT2D eigenvalue weighted by atomic mass is 16.6. The molecule has 0 N–H and O–H groups in total. The van der Waals surface area contributed by atoms with Gasteiger partial charge in [0.2, 0.25) is 0 Å². The van der Waals surface area contributed by atoms with E-state index in [2.05, 4.69) is 0 Å². The van der Waals surface area contributed by atoms with E-state index in [1.807, 2.05) is 38.1 Å². The van der Waals surface area contributed by atoms with Crippen LogP contribution in [-0.2, 0) is 14.2 Å². The van der Waals surface area contributed by atoms with Gasteiger partial charge < -0.3 is 18.8 Å². The fraction of sp³-hybridized carbons (Fsp3) is 0.241. The molecule has 0 radical (unpaired) electrons. The van der Waals surface area contributed by atoms with Crippen molar-refractivity contribution in [3.8, 4) is 0 Å². The molecule has 1 aromatic heterocycles. The summed E-state index contributed by atoms with van der Waals surface area (Å²) in [7, 11) is 0. The van der Waals surface area contributed by atoms with E-state index in [1.54, 1.807) is 53.2 Å². The van der Waals surface area contributed by atoms with Crippen molar-refractivity contribution in [3.05, 3.63) is 111 Å². The maximum Gasteiger partial charge on any atom is 0.338 e. The van der Waals surface area contributed by atoms with Gasteiger partial charge in [-0.15, -0.1) is 0 Å². The van der Waals surface area contributed by atoms with Gasteiger partial charge in [-0.05, 0) is 50.2 Å². The Morgan fingerprint density at radius 2 is 1.58 bits per heavy atom. The third kappa shape index (κ3) is 5.14. The minimum absolute atomic E-state index is 0.00910. The maximum absolute atomic E-state index is 12.9. The lowest BCUT2D eigenvalue weighted by Crippen LogP contribution is -2.32. The van der Waals surface area contributed by atoms with Crippen LogP contribution in [-0.4, -0.2) is 40.2 Å². The molecule has 0 aliphatic carbocycles. The fourth-order valence-electron chi connectivity index (χ4n) is 4.55. The second kappa shape index (κ2) is 10.5. The van der Waals surface area contributed by atoms with Crippen molar-refractivity contribution in [2.75, 3.05) is 6.61 Å². The topological polar surface area (TPSA) is 110 Å². The smallest absolute Gasteiger partial charge is 0.338 e. The van der Waals surface area contributed by atoms with Gasteiger partial charge in [0.15, 0.2) is 0 Å². The molecule has 2 heterocycles. The van der Waals surface area contributed by atoms with E-state index in [0.717, 1.165) is 11.1 Å². The summed E-state index contributed by atoms with van der Waals surface area (Å²) in [5.41, 5.74) is 3.44. The number of hydrogen-bond acceptors (Lipinski definition) is 7. The van der Waals surface area contributed by atoms with Crippen LogP contribution >= 0.6 is 0 Å². The standard InChI is InChI=1S/C29H26N2O7/c1-18-6-10-20(11-7-18)28(32)36-17-26-25(38-29(33)21-12-8-19(2)9-13-21)16-27(37-26)30-15-14-22-23(30)4-3-5-24(22)31(34)35/h3-15,25-27H,16-17H2,1-2H3/t25-,26+,27+/m0/s1. The van der Waals surface area contributed by atoms with Gasteiger partial charge in [-0.1, -0.05) is 41.5 Å². The predicted molar refractivity (Wildman–Crippen MR) is 139 cm³/mol. The SMILES string of the molecule is Cc1ccc(C(=O)OC[C@H]2O[C@@H](n3ccc4c([N+](=O)[O-])cccc43)C[C@@H]2OC(=O)c2ccc(C)cc2)cc1. The van der Waals surface area contributed by atoms with Gasteiger partial charge in [0.1, 0.15) is 25.0 Å². The van der Waals surface area contributed by atoms with Crippen LogP contribution < -0.4 is 0 Å². The van der Waals surface area contributed by atoms with E-state index in [9.17, 15) is 19.7 Å². The normalized spacial score (nSPS) is 18.8. The number of hydrogen-bond donors (Lipinski definition) is 0. The number of aryl methyl sites for hydroxylation is 2. The largest absolute Gasteiger partial charge is 0.459 e. The number of carbonyl (C=O) groups excluding carboxylic acids is 2. The molecule has 1 aliphatic rings. The zero-order valence-electron chi connectivity index (χ0n) is 20.9. The second-order valence-corrected chi connectivity index (χ2v) is 9.33. The van der Waals surface area contributed by atoms with Crippen LogP contribution in [0.25, 0.3) is 10.9 Å². The van der Waals surface area contributed by atoms with Gasteiger partial charge in [-0.25, -0.2) is 9.59 Å². The fourth-order valence-corrected chi connectivity index (χ4v) is 4.55. The lowest BCUT2D eigenvalue weighted by molar-refractivity contribution is -0.383. The first-order chi connectivity index (χ1) is 18.3. The van der Waals surface area contributed by atoms with Crippen molar-refractivity contribution >= 4 is 28.5 Å². The zero-order chi connectivity index (χ0) is 26.8. The molecule has 1 aliphatic heterocycles. The molecule has 0 saturated carbocycles. The van der Waals surface area contributed by atoms with E-state index < -0.39 is 35.3 Å². The van der Waals surface area contributed by atoms with E-state index in [4.69, 9.17) is 14.2 Å². The number of rotatable bonds is 7. The number of aromatic nitrogens is 1. The second-order valence-electron chi connectivity index (χ2n) is 9.33. The third-order valence-corrected chi connectivity index (χ3v) is 6.64. The average Bonchev–Trinajstić information content (AvgIpc) is 3.51. The summed E-state index contributed by atoms with van der Waals surface area (Å²) in [5, 5.41) is 11.9. The first-order valence-electron chi connectivity index (χ1n) is 12.2. The molecule has 1 saturated heterocycles. The van der Waals surface area contributed by atoms with Crippen LogP contribution in [0.4, 0.5) is 5.69 Å². The summed E-state index contributed by atoms with van der Waals surface area (Å²) in [6, 6.07) is 20.5. The number of ether oxygens (including phenoxy) is 3. The molecule has 0 unspecified atom stereocenters. The molecule has 0 spiro atoms. The highest BCUT2D eigenvalue weighted by molar-refractivity contribution is 5.90. The Bertz CT molecular complexity index is 1490. The van der Waals surface area contributed by atoms with E-state index >= 15 is 0 Å². The van der Waals surface area contributed by atoms with Crippen LogP contribution in [0.1, 0.15) is 44.5 Å². The lowest BCUT2D eigenvalue weighted by atomic mass is 10.1. The molecule has 1 fully saturated rings. The number of carbonyl (C=O) groups is 2. The van der Waals surface area contributed by atoms with Crippen molar-refractivity contribution < 1.29 is 28.7 Å². The first kappa shape index (κ1) is 25.2. The Labute approximate surface area is 218 Å². The number of non-ortho nitro benzene ring substituents is 1.